The fraction of sp³-hybridized carbons (Fsp3) is 0.129. The molecule has 6 nitrogen and oxygen atoms in total. The zero-order valence-corrected chi connectivity index (χ0v) is 21.6. The summed E-state index contributed by atoms with van der Waals surface area (Å²) in [7, 11) is 1.48. The molecule has 0 aliphatic heterocycles. The van der Waals surface area contributed by atoms with E-state index in [1.807, 2.05) is 18.2 Å². The third-order valence-electron chi connectivity index (χ3n) is 7.05. The number of aldehydes is 1. The summed E-state index contributed by atoms with van der Waals surface area (Å²) >= 11 is 6.65. The number of hydrogen-bond acceptors (Lipinski definition) is 5. The molecule has 0 atom stereocenters. The summed E-state index contributed by atoms with van der Waals surface area (Å²) in [5.41, 5.74) is 3.33. The Hall–Kier alpha value is -4.49. The number of ether oxygens (including phenoxy) is 1. The van der Waals surface area contributed by atoms with Crippen LogP contribution in [0.3, 0.4) is 0 Å². The molecular formula is C31H22ClFN2O4. The van der Waals surface area contributed by atoms with Crippen molar-refractivity contribution in [1.29, 1.82) is 0 Å². The number of fused-ring (bicyclic) bond motifs is 1. The first-order valence-corrected chi connectivity index (χ1v) is 12.7. The number of aromatic nitrogens is 1. The molecule has 2 aromatic heterocycles. The summed E-state index contributed by atoms with van der Waals surface area (Å²) in [6.45, 7) is 0. The van der Waals surface area contributed by atoms with E-state index in [1.165, 1.54) is 19.2 Å². The molecule has 0 bridgehead atoms. The normalized spacial score (nSPS) is 13.7. The number of halogens is 2. The molecule has 0 saturated heterocycles. The Labute approximate surface area is 228 Å². The number of hydrogen-bond donors (Lipinski definition) is 1. The fourth-order valence-electron chi connectivity index (χ4n) is 4.84. The van der Waals surface area contributed by atoms with E-state index in [2.05, 4.69) is 10.3 Å². The zero-order chi connectivity index (χ0) is 27.1. The standard InChI is InChI=1S/C31H22ClFN2O4/c1-38-27-16-25(32)21(15-23(27)30(37)35-31(11-12-31)28-4-2-3-13-34-28)19-7-10-26-22(14-19)24(17-36)29(39-26)18-5-8-20(33)9-6-18/h2-10,13-17H,11-12H2,1H3,(H,35,37). The molecule has 1 aliphatic rings. The second-order valence-electron chi connectivity index (χ2n) is 9.46. The van der Waals surface area contributed by atoms with Crippen molar-refractivity contribution < 1.29 is 23.1 Å². The average Bonchev–Trinajstić information content (AvgIpc) is 3.65. The monoisotopic (exact) mass is 540 g/mol. The third kappa shape index (κ3) is 4.45. The minimum Gasteiger partial charge on any atom is -0.496 e. The highest BCUT2D eigenvalue weighted by Crippen LogP contribution is 2.45. The van der Waals surface area contributed by atoms with Gasteiger partial charge in [0.15, 0.2) is 6.29 Å². The summed E-state index contributed by atoms with van der Waals surface area (Å²) in [6.07, 6.45) is 4.01. The molecule has 1 aliphatic carbocycles. The summed E-state index contributed by atoms with van der Waals surface area (Å²) in [4.78, 5) is 30.0. The van der Waals surface area contributed by atoms with E-state index >= 15 is 0 Å². The van der Waals surface area contributed by atoms with E-state index in [0.29, 0.717) is 55.3 Å². The highest BCUT2D eigenvalue weighted by atomic mass is 35.5. The molecule has 39 heavy (non-hydrogen) atoms. The van der Waals surface area contributed by atoms with Crippen molar-refractivity contribution in [1.82, 2.24) is 10.3 Å². The van der Waals surface area contributed by atoms with Gasteiger partial charge in [-0.2, -0.15) is 0 Å². The van der Waals surface area contributed by atoms with Gasteiger partial charge in [-0.1, -0.05) is 23.7 Å². The molecule has 1 saturated carbocycles. The summed E-state index contributed by atoms with van der Waals surface area (Å²) in [6, 6.07) is 20.0. The number of nitrogens with zero attached hydrogens (tertiary/aromatic N) is 1. The van der Waals surface area contributed by atoms with Crippen molar-refractivity contribution in [2.75, 3.05) is 7.11 Å². The smallest absolute Gasteiger partial charge is 0.255 e. The van der Waals surface area contributed by atoms with Crippen molar-refractivity contribution in [2.24, 2.45) is 0 Å². The number of furan rings is 1. The van der Waals surface area contributed by atoms with Crippen LogP contribution in [0.2, 0.25) is 5.02 Å². The van der Waals surface area contributed by atoms with Crippen LogP contribution in [-0.4, -0.2) is 24.3 Å². The Morgan fingerprint density at radius 1 is 1.08 bits per heavy atom. The largest absolute Gasteiger partial charge is 0.496 e. The Balaban J connectivity index is 1.40. The Morgan fingerprint density at radius 2 is 1.85 bits per heavy atom. The Morgan fingerprint density at radius 3 is 2.51 bits per heavy atom. The number of carbonyl (C=O) groups is 2. The minimum atomic E-state index is -0.505. The molecule has 1 fully saturated rings. The lowest BCUT2D eigenvalue weighted by Gasteiger charge is -2.19. The van der Waals surface area contributed by atoms with Crippen molar-refractivity contribution in [3.05, 3.63) is 107 Å². The van der Waals surface area contributed by atoms with Gasteiger partial charge < -0.3 is 14.5 Å². The van der Waals surface area contributed by atoms with Crippen LogP contribution in [0.15, 0.2) is 83.4 Å². The third-order valence-corrected chi connectivity index (χ3v) is 7.37. The molecule has 0 unspecified atom stereocenters. The Bertz CT molecular complexity index is 1730. The van der Waals surface area contributed by atoms with Crippen molar-refractivity contribution in [2.45, 2.75) is 18.4 Å². The van der Waals surface area contributed by atoms with E-state index in [0.717, 1.165) is 24.8 Å². The van der Waals surface area contributed by atoms with Crippen LogP contribution in [0, 0.1) is 5.82 Å². The fourth-order valence-corrected chi connectivity index (χ4v) is 5.10. The van der Waals surface area contributed by atoms with Crippen LogP contribution in [0.1, 0.15) is 39.3 Å². The van der Waals surface area contributed by atoms with Crippen LogP contribution in [0.25, 0.3) is 33.4 Å². The molecule has 1 N–H and O–H groups in total. The van der Waals surface area contributed by atoms with Crippen LogP contribution < -0.4 is 10.1 Å². The maximum absolute atomic E-state index is 13.5. The molecule has 3 aromatic carbocycles. The predicted molar refractivity (Wildman–Crippen MR) is 147 cm³/mol. The van der Waals surface area contributed by atoms with Crippen LogP contribution >= 0.6 is 11.6 Å². The SMILES string of the molecule is COc1cc(Cl)c(-c2ccc3oc(-c4ccc(F)cc4)c(C=O)c3c2)cc1C(=O)NC1(c2ccccn2)CC1. The second kappa shape index (κ2) is 9.67. The van der Waals surface area contributed by atoms with Gasteiger partial charge >= 0.3 is 0 Å². The number of pyridine rings is 1. The first-order chi connectivity index (χ1) is 18.9. The van der Waals surface area contributed by atoms with Crippen LogP contribution in [-0.2, 0) is 5.54 Å². The van der Waals surface area contributed by atoms with Crippen molar-refractivity contribution in [3.63, 3.8) is 0 Å². The maximum Gasteiger partial charge on any atom is 0.255 e. The van der Waals surface area contributed by atoms with Gasteiger partial charge in [0, 0.05) is 28.8 Å². The van der Waals surface area contributed by atoms with E-state index < -0.39 is 5.54 Å². The molecule has 5 aromatic rings. The molecule has 8 heteroatoms. The Kier molecular flexibility index (Phi) is 6.16. The molecule has 0 radical (unpaired) electrons. The van der Waals surface area contributed by atoms with Gasteiger partial charge in [-0.15, -0.1) is 0 Å². The summed E-state index contributed by atoms with van der Waals surface area (Å²) in [5.74, 6) is 0.00727. The second-order valence-corrected chi connectivity index (χ2v) is 9.87. The molecule has 194 valence electrons. The van der Waals surface area contributed by atoms with Gasteiger partial charge in [0.1, 0.15) is 22.9 Å². The number of nitrogens with one attached hydrogen (secondary N) is 1. The lowest BCUT2D eigenvalue weighted by molar-refractivity contribution is 0.0926. The predicted octanol–water partition coefficient (Wildman–Crippen LogP) is 7.19. The van der Waals surface area contributed by atoms with Crippen molar-refractivity contribution >= 4 is 34.8 Å². The van der Waals surface area contributed by atoms with Gasteiger partial charge in [0.2, 0.25) is 0 Å². The molecular weight excluding hydrogens is 519 g/mol. The number of benzene rings is 3. The minimum absolute atomic E-state index is 0.301. The van der Waals surface area contributed by atoms with Gasteiger partial charge in [0.25, 0.3) is 5.91 Å². The number of methoxy groups -OCH3 is 1. The number of carbonyl (C=O) groups excluding carboxylic acids is 2. The average molecular weight is 541 g/mol. The molecule has 2 heterocycles. The molecule has 1 amide bonds. The zero-order valence-electron chi connectivity index (χ0n) is 20.8. The lowest BCUT2D eigenvalue weighted by Crippen LogP contribution is -2.35. The van der Waals surface area contributed by atoms with Gasteiger partial charge in [0.05, 0.1) is 34.5 Å². The van der Waals surface area contributed by atoms with Crippen LogP contribution in [0.4, 0.5) is 4.39 Å². The van der Waals surface area contributed by atoms with Crippen molar-refractivity contribution in [3.8, 4) is 28.2 Å². The molecule has 0 spiro atoms. The van der Waals surface area contributed by atoms with Gasteiger partial charge in [-0.05, 0) is 73.0 Å². The first kappa shape index (κ1) is 24.8. The van der Waals surface area contributed by atoms with E-state index in [4.69, 9.17) is 20.8 Å². The van der Waals surface area contributed by atoms with E-state index in [9.17, 15) is 14.0 Å². The van der Waals surface area contributed by atoms with Gasteiger partial charge in [-0.3, -0.25) is 14.6 Å². The van der Waals surface area contributed by atoms with E-state index in [-0.39, 0.29) is 11.7 Å². The highest BCUT2D eigenvalue weighted by molar-refractivity contribution is 6.33. The summed E-state index contributed by atoms with van der Waals surface area (Å²) in [5, 5.41) is 4.09. The van der Waals surface area contributed by atoms with E-state index in [1.54, 1.807) is 48.7 Å². The lowest BCUT2D eigenvalue weighted by atomic mass is 9.98. The number of rotatable bonds is 7. The quantitative estimate of drug-likeness (QED) is 0.221. The van der Waals surface area contributed by atoms with Gasteiger partial charge in [-0.25, -0.2) is 4.39 Å². The highest BCUT2D eigenvalue weighted by Gasteiger charge is 2.47. The maximum atomic E-state index is 13.5. The van der Waals surface area contributed by atoms with Crippen LogP contribution in [0.5, 0.6) is 5.75 Å². The number of amides is 1. The first-order valence-electron chi connectivity index (χ1n) is 12.3. The topological polar surface area (TPSA) is 81.4 Å². The summed E-state index contributed by atoms with van der Waals surface area (Å²) < 4.78 is 24.9. The molecule has 6 rings (SSSR count).